The summed E-state index contributed by atoms with van der Waals surface area (Å²) in [5.41, 5.74) is 2.73. The van der Waals surface area contributed by atoms with Crippen LogP contribution < -0.4 is 5.32 Å². The van der Waals surface area contributed by atoms with Crippen molar-refractivity contribution in [3.63, 3.8) is 0 Å². The number of hydrogen-bond donors (Lipinski definition) is 2. The van der Waals surface area contributed by atoms with Crippen molar-refractivity contribution < 1.29 is 9.90 Å². The number of hydrogen-bond acceptors (Lipinski definition) is 3. The van der Waals surface area contributed by atoms with Gasteiger partial charge < -0.3 is 10.4 Å². The predicted octanol–water partition coefficient (Wildman–Crippen LogP) is 2.73. The SMILES string of the molecule is CCc1cc(C(=O)Nc2ccc(C)cc2O)n(CC)n1. The lowest BCUT2D eigenvalue weighted by atomic mass is 10.2. The summed E-state index contributed by atoms with van der Waals surface area (Å²) in [6.07, 6.45) is 0.781. The van der Waals surface area contributed by atoms with Crippen LogP contribution in [0.3, 0.4) is 0 Å². The van der Waals surface area contributed by atoms with Gasteiger partial charge in [0.05, 0.1) is 11.4 Å². The van der Waals surface area contributed by atoms with Crippen LogP contribution in [0.1, 0.15) is 35.6 Å². The largest absolute Gasteiger partial charge is 0.506 e. The van der Waals surface area contributed by atoms with Crippen molar-refractivity contribution in [2.75, 3.05) is 5.32 Å². The molecule has 0 aliphatic carbocycles. The Morgan fingerprint density at radius 2 is 2.10 bits per heavy atom. The first-order valence-corrected chi connectivity index (χ1v) is 6.72. The number of anilines is 1. The molecule has 2 aromatic rings. The fourth-order valence-electron chi connectivity index (χ4n) is 2.00. The zero-order valence-electron chi connectivity index (χ0n) is 12.0. The second kappa shape index (κ2) is 5.77. The molecule has 0 radical (unpaired) electrons. The molecule has 20 heavy (non-hydrogen) atoms. The molecule has 1 aromatic heterocycles. The molecule has 0 spiro atoms. The highest BCUT2D eigenvalue weighted by Gasteiger charge is 2.15. The number of benzene rings is 1. The van der Waals surface area contributed by atoms with E-state index in [2.05, 4.69) is 10.4 Å². The summed E-state index contributed by atoms with van der Waals surface area (Å²) >= 11 is 0. The fourth-order valence-corrected chi connectivity index (χ4v) is 2.00. The number of aromatic nitrogens is 2. The summed E-state index contributed by atoms with van der Waals surface area (Å²) in [5, 5.41) is 16.9. The van der Waals surface area contributed by atoms with Gasteiger partial charge in [-0.25, -0.2) is 0 Å². The van der Waals surface area contributed by atoms with E-state index in [1.54, 1.807) is 22.9 Å². The molecule has 0 aliphatic rings. The van der Waals surface area contributed by atoms with Gasteiger partial charge in [0, 0.05) is 6.54 Å². The predicted molar refractivity (Wildman–Crippen MR) is 78.1 cm³/mol. The van der Waals surface area contributed by atoms with Gasteiger partial charge in [0.15, 0.2) is 0 Å². The maximum Gasteiger partial charge on any atom is 0.274 e. The Labute approximate surface area is 118 Å². The number of nitrogens with zero attached hydrogens (tertiary/aromatic N) is 2. The second-order valence-electron chi connectivity index (χ2n) is 4.66. The number of aryl methyl sites for hydroxylation is 3. The fraction of sp³-hybridized carbons (Fsp3) is 0.333. The van der Waals surface area contributed by atoms with Gasteiger partial charge in [-0.3, -0.25) is 9.48 Å². The van der Waals surface area contributed by atoms with E-state index in [1.165, 1.54) is 0 Å². The monoisotopic (exact) mass is 273 g/mol. The van der Waals surface area contributed by atoms with Crippen LogP contribution in [0.2, 0.25) is 0 Å². The highest BCUT2D eigenvalue weighted by molar-refractivity contribution is 6.03. The van der Waals surface area contributed by atoms with Gasteiger partial charge in [0.1, 0.15) is 11.4 Å². The molecule has 0 unspecified atom stereocenters. The number of aromatic hydroxyl groups is 1. The quantitative estimate of drug-likeness (QED) is 0.842. The molecular weight excluding hydrogens is 254 g/mol. The van der Waals surface area contributed by atoms with Crippen LogP contribution in [0, 0.1) is 6.92 Å². The molecule has 0 fully saturated rings. The number of phenols is 1. The average molecular weight is 273 g/mol. The molecule has 1 aromatic carbocycles. The molecule has 0 aliphatic heterocycles. The van der Waals surface area contributed by atoms with Crippen LogP contribution in [0.15, 0.2) is 24.3 Å². The van der Waals surface area contributed by atoms with Crippen LogP contribution in [0.25, 0.3) is 0 Å². The van der Waals surface area contributed by atoms with Gasteiger partial charge >= 0.3 is 0 Å². The third-order valence-electron chi connectivity index (χ3n) is 3.13. The van der Waals surface area contributed by atoms with Gasteiger partial charge in [-0.1, -0.05) is 13.0 Å². The zero-order valence-corrected chi connectivity index (χ0v) is 12.0. The lowest BCUT2D eigenvalue weighted by Gasteiger charge is -2.08. The highest BCUT2D eigenvalue weighted by atomic mass is 16.3. The van der Waals surface area contributed by atoms with E-state index < -0.39 is 0 Å². The molecule has 0 saturated heterocycles. The van der Waals surface area contributed by atoms with E-state index in [4.69, 9.17) is 0 Å². The molecule has 0 atom stereocenters. The van der Waals surface area contributed by atoms with E-state index in [-0.39, 0.29) is 11.7 Å². The smallest absolute Gasteiger partial charge is 0.274 e. The third-order valence-corrected chi connectivity index (χ3v) is 3.13. The molecule has 5 heteroatoms. The van der Waals surface area contributed by atoms with E-state index in [9.17, 15) is 9.90 Å². The van der Waals surface area contributed by atoms with Crippen LogP contribution in [-0.2, 0) is 13.0 Å². The van der Waals surface area contributed by atoms with E-state index in [0.29, 0.717) is 17.9 Å². The van der Waals surface area contributed by atoms with Gasteiger partial charge in [-0.05, 0) is 44.0 Å². The van der Waals surface area contributed by atoms with Crippen LogP contribution in [0.4, 0.5) is 5.69 Å². The molecule has 0 bridgehead atoms. The number of carbonyl (C=O) groups is 1. The van der Waals surface area contributed by atoms with Gasteiger partial charge in [0.25, 0.3) is 5.91 Å². The minimum Gasteiger partial charge on any atom is -0.506 e. The first-order chi connectivity index (χ1) is 9.55. The summed E-state index contributed by atoms with van der Waals surface area (Å²) in [6.45, 7) is 6.44. The maximum absolute atomic E-state index is 12.3. The van der Waals surface area contributed by atoms with Crippen LogP contribution in [-0.4, -0.2) is 20.8 Å². The summed E-state index contributed by atoms with van der Waals surface area (Å²) in [6, 6.07) is 6.92. The number of carbonyl (C=O) groups excluding carboxylic acids is 1. The number of rotatable bonds is 4. The van der Waals surface area contributed by atoms with Crippen LogP contribution in [0.5, 0.6) is 5.75 Å². The van der Waals surface area contributed by atoms with E-state index in [1.807, 2.05) is 26.8 Å². The normalized spacial score (nSPS) is 10.6. The van der Waals surface area contributed by atoms with Crippen molar-refractivity contribution in [3.8, 4) is 5.75 Å². The number of nitrogens with one attached hydrogen (secondary N) is 1. The summed E-state index contributed by atoms with van der Waals surface area (Å²) in [4.78, 5) is 12.3. The van der Waals surface area contributed by atoms with E-state index in [0.717, 1.165) is 17.7 Å². The van der Waals surface area contributed by atoms with Crippen molar-refractivity contribution in [3.05, 3.63) is 41.2 Å². The molecule has 1 amide bonds. The van der Waals surface area contributed by atoms with Gasteiger partial charge in [-0.15, -0.1) is 0 Å². The summed E-state index contributed by atoms with van der Waals surface area (Å²) in [7, 11) is 0. The molecule has 2 N–H and O–H groups in total. The first-order valence-electron chi connectivity index (χ1n) is 6.72. The van der Waals surface area contributed by atoms with Crippen molar-refractivity contribution >= 4 is 11.6 Å². The minimum absolute atomic E-state index is 0.0663. The lowest BCUT2D eigenvalue weighted by molar-refractivity contribution is 0.101. The van der Waals surface area contributed by atoms with Crippen molar-refractivity contribution in [1.82, 2.24) is 9.78 Å². The minimum atomic E-state index is -0.266. The molecule has 2 rings (SSSR count). The first kappa shape index (κ1) is 14.1. The Hall–Kier alpha value is -2.30. The van der Waals surface area contributed by atoms with Gasteiger partial charge in [-0.2, -0.15) is 5.10 Å². The number of amides is 1. The second-order valence-corrected chi connectivity index (χ2v) is 4.66. The topological polar surface area (TPSA) is 67.2 Å². The Morgan fingerprint density at radius 3 is 2.70 bits per heavy atom. The van der Waals surface area contributed by atoms with E-state index >= 15 is 0 Å². The number of phenolic OH excluding ortho intramolecular Hbond substituents is 1. The maximum atomic E-state index is 12.3. The molecule has 106 valence electrons. The third kappa shape index (κ3) is 2.82. The lowest BCUT2D eigenvalue weighted by Crippen LogP contribution is -2.17. The highest BCUT2D eigenvalue weighted by Crippen LogP contribution is 2.24. The summed E-state index contributed by atoms with van der Waals surface area (Å²) < 4.78 is 1.67. The molecule has 0 saturated carbocycles. The standard InChI is InChI=1S/C15H19N3O2/c1-4-11-9-13(18(5-2)17-11)15(20)16-12-7-6-10(3)8-14(12)19/h6-9,19H,4-5H2,1-3H3,(H,16,20). The molecule has 1 heterocycles. The Balaban J connectivity index is 2.25. The Bertz CT molecular complexity index is 632. The summed E-state index contributed by atoms with van der Waals surface area (Å²) in [5.74, 6) is -0.199. The zero-order chi connectivity index (χ0) is 14.7. The van der Waals surface area contributed by atoms with Gasteiger partial charge in [0.2, 0.25) is 0 Å². The average Bonchev–Trinajstić information content (AvgIpc) is 2.85. The van der Waals surface area contributed by atoms with Crippen molar-refractivity contribution in [2.24, 2.45) is 0 Å². The molecular formula is C15H19N3O2. The Kier molecular flexibility index (Phi) is 4.08. The van der Waals surface area contributed by atoms with Crippen molar-refractivity contribution in [2.45, 2.75) is 33.7 Å². The molecule has 5 nitrogen and oxygen atoms in total. The Morgan fingerprint density at radius 1 is 1.35 bits per heavy atom. The van der Waals surface area contributed by atoms with Crippen LogP contribution >= 0.6 is 0 Å². The van der Waals surface area contributed by atoms with Crippen molar-refractivity contribution in [1.29, 1.82) is 0 Å².